The summed E-state index contributed by atoms with van der Waals surface area (Å²) >= 11 is 0. The fourth-order valence-electron chi connectivity index (χ4n) is 1.58. The van der Waals surface area contributed by atoms with Gasteiger partial charge in [0.05, 0.1) is 26.0 Å². The predicted molar refractivity (Wildman–Crippen MR) is 82.9 cm³/mol. The van der Waals surface area contributed by atoms with E-state index >= 15 is 0 Å². The minimum absolute atomic E-state index is 0.0100. The number of carbonyl (C=O) groups excluding carboxylic acids is 1. The van der Waals surface area contributed by atoms with Crippen molar-refractivity contribution in [3.8, 4) is 0 Å². The molecule has 0 spiro atoms. The van der Waals surface area contributed by atoms with Gasteiger partial charge in [0.25, 0.3) is 10.0 Å². The van der Waals surface area contributed by atoms with Crippen LogP contribution in [0.1, 0.15) is 13.3 Å². The number of likely N-dealkylation sites (N-methyl/N-ethyl adjacent to an activating group) is 1. The van der Waals surface area contributed by atoms with Gasteiger partial charge in [0.1, 0.15) is 6.54 Å². The van der Waals surface area contributed by atoms with E-state index in [4.69, 9.17) is 0 Å². The lowest BCUT2D eigenvalue weighted by molar-refractivity contribution is -0.863. The highest BCUT2D eigenvalue weighted by atomic mass is 32.2. The van der Waals surface area contributed by atoms with Crippen LogP contribution in [-0.2, 0) is 14.8 Å². The molecule has 0 radical (unpaired) electrons. The molecule has 1 rings (SSSR count). The van der Waals surface area contributed by atoms with Crippen molar-refractivity contribution in [2.24, 2.45) is 4.40 Å². The number of anilines is 1. The van der Waals surface area contributed by atoms with Gasteiger partial charge in [0.15, 0.2) is 0 Å². The molecule has 1 aromatic carbocycles. The van der Waals surface area contributed by atoms with E-state index in [-0.39, 0.29) is 17.3 Å². The second-order valence-electron chi connectivity index (χ2n) is 5.83. The van der Waals surface area contributed by atoms with Crippen molar-refractivity contribution < 1.29 is 22.8 Å². The van der Waals surface area contributed by atoms with Gasteiger partial charge in [-0.25, -0.2) is 0 Å². The average molecular weight is 327 g/mol. The van der Waals surface area contributed by atoms with Gasteiger partial charge in [0, 0.05) is 18.0 Å². The third-order valence-corrected chi connectivity index (χ3v) is 3.90. The van der Waals surface area contributed by atoms with Crippen LogP contribution in [0.25, 0.3) is 0 Å². The summed E-state index contributed by atoms with van der Waals surface area (Å²) in [5.74, 6) is -0.866. The lowest BCUT2D eigenvalue weighted by Gasteiger charge is -2.26. The molecule has 7 nitrogen and oxygen atoms in total. The Labute approximate surface area is 130 Å². The van der Waals surface area contributed by atoms with E-state index in [0.29, 0.717) is 16.6 Å². The van der Waals surface area contributed by atoms with Gasteiger partial charge in [-0.05, 0) is 24.3 Å². The van der Waals surface area contributed by atoms with Gasteiger partial charge < -0.3 is 14.9 Å². The third kappa shape index (κ3) is 5.82. The maximum Gasteiger partial charge on any atom is 0.281 e. The van der Waals surface area contributed by atoms with Gasteiger partial charge in [-0.15, -0.1) is 0 Å². The number of amides is 1. The first kappa shape index (κ1) is 18.1. The molecule has 1 N–H and O–H groups in total. The van der Waals surface area contributed by atoms with Crippen LogP contribution in [0.4, 0.5) is 5.69 Å². The van der Waals surface area contributed by atoms with E-state index in [2.05, 4.69) is 9.71 Å². The molecule has 0 saturated carbocycles. The van der Waals surface area contributed by atoms with Crippen molar-refractivity contribution >= 4 is 27.5 Å². The minimum Gasteiger partial charge on any atom is -0.857 e. The fraction of sp³-hybridized carbons (Fsp3) is 0.429. The summed E-state index contributed by atoms with van der Waals surface area (Å²) in [5, 5.41) is 14.3. The summed E-state index contributed by atoms with van der Waals surface area (Å²) in [6.45, 7) is 1.70. The Morgan fingerprint density at radius 3 is 2.23 bits per heavy atom. The molecule has 0 aromatic heterocycles. The van der Waals surface area contributed by atoms with E-state index < -0.39 is 15.9 Å². The molecule has 1 amide bonds. The molecule has 0 bridgehead atoms. The molecule has 22 heavy (non-hydrogen) atoms. The van der Waals surface area contributed by atoms with Crippen molar-refractivity contribution in [1.29, 1.82) is 0 Å². The molecule has 0 aliphatic rings. The van der Waals surface area contributed by atoms with Crippen LogP contribution in [-0.4, -0.2) is 52.4 Å². The van der Waals surface area contributed by atoms with Crippen LogP contribution in [0.2, 0.25) is 0 Å². The molecule has 0 aliphatic carbocycles. The summed E-state index contributed by atoms with van der Waals surface area (Å²) in [6.07, 6.45) is 0.328. The summed E-state index contributed by atoms with van der Waals surface area (Å²) < 4.78 is 27.7. The fourth-order valence-corrected chi connectivity index (χ4v) is 2.49. The van der Waals surface area contributed by atoms with Crippen molar-refractivity contribution in [2.45, 2.75) is 18.2 Å². The van der Waals surface area contributed by atoms with E-state index in [1.807, 2.05) is 0 Å². The summed E-state index contributed by atoms with van der Waals surface area (Å²) in [6, 6.07) is 5.53. The lowest BCUT2D eigenvalue weighted by Crippen LogP contribution is -2.44. The SMILES string of the molecule is CCC(=O)Nc1ccc(S(=O)(=O)/N=C(\[O-])C[N+](C)(C)C)cc1. The number of hydrogen-bond donors (Lipinski definition) is 1. The van der Waals surface area contributed by atoms with E-state index in [0.717, 1.165) is 0 Å². The zero-order valence-corrected chi connectivity index (χ0v) is 14.0. The molecule has 8 heteroatoms. The molecule has 0 atom stereocenters. The van der Waals surface area contributed by atoms with Crippen molar-refractivity contribution in [1.82, 2.24) is 0 Å². The molecule has 122 valence electrons. The number of rotatable bonds is 6. The topological polar surface area (TPSA) is 98.7 Å². The Morgan fingerprint density at radius 2 is 1.77 bits per heavy atom. The van der Waals surface area contributed by atoms with Crippen molar-refractivity contribution in [3.63, 3.8) is 0 Å². The second kappa shape index (κ2) is 6.89. The summed E-state index contributed by atoms with van der Waals surface area (Å²) in [4.78, 5) is 11.2. The highest BCUT2D eigenvalue weighted by molar-refractivity contribution is 7.90. The summed E-state index contributed by atoms with van der Waals surface area (Å²) in [5.41, 5.74) is 0.489. The quantitative estimate of drug-likeness (QED) is 0.458. The normalized spacial score (nSPS) is 13.0. The molecular formula is C14H21N3O4S. The number of nitrogens with one attached hydrogen (secondary N) is 1. The first-order valence-corrected chi connectivity index (χ1v) is 8.19. The van der Waals surface area contributed by atoms with Crippen LogP contribution in [0.5, 0.6) is 0 Å². The Balaban J connectivity index is 2.94. The molecular weight excluding hydrogens is 306 g/mol. The maximum atomic E-state index is 12.0. The number of hydrogen-bond acceptors (Lipinski definition) is 4. The monoisotopic (exact) mass is 327 g/mol. The van der Waals surface area contributed by atoms with Gasteiger partial charge in [0.2, 0.25) is 5.91 Å². The number of sulfonamides is 1. The Bertz CT molecular complexity index is 658. The maximum absolute atomic E-state index is 12.0. The minimum atomic E-state index is -4.03. The molecule has 0 aliphatic heterocycles. The highest BCUT2D eigenvalue weighted by Gasteiger charge is 2.14. The van der Waals surface area contributed by atoms with E-state index in [9.17, 15) is 18.3 Å². The van der Waals surface area contributed by atoms with Crippen molar-refractivity contribution in [2.75, 3.05) is 33.0 Å². The largest absolute Gasteiger partial charge is 0.857 e. The third-order valence-electron chi connectivity index (χ3n) is 2.59. The van der Waals surface area contributed by atoms with Gasteiger partial charge in [-0.3, -0.25) is 4.79 Å². The van der Waals surface area contributed by atoms with Gasteiger partial charge in [-0.1, -0.05) is 6.92 Å². The van der Waals surface area contributed by atoms with Crippen LogP contribution in [0.15, 0.2) is 33.6 Å². The second-order valence-corrected chi connectivity index (χ2v) is 7.44. The predicted octanol–water partition coefficient (Wildman–Crippen LogP) is 0.189. The standard InChI is InChI=1S/C14H21N3O4S/c1-5-13(18)15-11-6-8-12(9-7-11)22(20,21)16-14(19)10-17(2,3)4/h6-9H,5,10H2,1-4H3,(H-,15,16,18,19). The molecule has 1 aromatic rings. The zero-order valence-electron chi connectivity index (χ0n) is 13.2. The molecule has 0 unspecified atom stereocenters. The average Bonchev–Trinajstić information content (AvgIpc) is 2.36. The Kier molecular flexibility index (Phi) is 5.67. The van der Waals surface area contributed by atoms with E-state index in [1.165, 1.54) is 24.3 Å². The van der Waals surface area contributed by atoms with Crippen LogP contribution < -0.4 is 10.4 Å². The molecule has 0 fully saturated rings. The first-order valence-electron chi connectivity index (χ1n) is 6.75. The Morgan fingerprint density at radius 1 is 1.23 bits per heavy atom. The van der Waals surface area contributed by atoms with Crippen molar-refractivity contribution in [3.05, 3.63) is 24.3 Å². The summed E-state index contributed by atoms with van der Waals surface area (Å²) in [7, 11) is 1.28. The van der Waals surface area contributed by atoms with E-state index in [1.54, 1.807) is 28.1 Å². The van der Waals surface area contributed by atoms with Crippen LogP contribution >= 0.6 is 0 Å². The number of benzene rings is 1. The van der Waals surface area contributed by atoms with Gasteiger partial charge >= 0.3 is 0 Å². The lowest BCUT2D eigenvalue weighted by atomic mass is 10.3. The molecule has 0 saturated heterocycles. The van der Waals surface area contributed by atoms with Gasteiger partial charge in [-0.2, -0.15) is 12.8 Å². The molecule has 0 heterocycles. The first-order chi connectivity index (χ1) is 10.0. The highest BCUT2D eigenvalue weighted by Crippen LogP contribution is 2.16. The zero-order chi connectivity index (χ0) is 17.0. The number of nitrogens with zero attached hydrogens (tertiary/aromatic N) is 2. The number of quaternary nitrogens is 1. The Hall–Kier alpha value is -1.93. The van der Waals surface area contributed by atoms with Crippen LogP contribution in [0, 0.1) is 0 Å². The number of carbonyl (C=O) groups is 1. The smallest absolute Gasteiger partial charge is 0.281 e. The van der Waals surface area contributed by atoms with Crippen LogP contribution in [0.3, 0.4) is 0 Å².